The quantitative estimate of drug-likeness (QED) is 0.278. The number of nitrogens with zero attached hydrogens (tertiary/aromatic N) is 2. The molecule has 0 aliphatic carbocycles. The molecule has 0 unspecified atom stereocenters. The summed E-state index contributed by atoms with van der Waals surface area (Å²) < 4.78 is 51.4. The third-order valence-corrected chi connectivity index (χ3v) is 5.69. The first-order valence-corrected chi connectivity index (χ1v) is 11.7. The Balaban J connectivity index is 1.75. The molecule has 0 saturated carbocycles. The smallest absolute Gasteiger partial charge is 0.390 e. The zero-order chi connectivity index (χ0) is 26.6. The van der Waals surface area contributed by atoms with Crippen molar-refractivity contribution in [2.24, 2.45) is 0 Å². The van der Waals surface area contributed by atoms with Crippen molar-refractivity contribution in [3.63, 3.8) is 0 Å². The Labute approximate surface area is 212 Å². The van der Waals surface area contributed by atoms with Gasteiger partial charge in [0, 0.05) is 36.3 Å². The van der Waals surface area contributed by atoms with Crippen LogP contribution in [0.15, 0.2) is 60.9 Å². The number of hydrogen-bond donors (Lipinski definition) is 2. The van der Waals surface area contributed by atoms with Crippen LogP contribution in [0.3, 0.4) is 0 Å². The molecule has 2 aromatic carbocycles. The van der Waals surface area contributed by atoms with Gasteiger partial charge >= 0.3 is 6.18 Å². The van der Waals surface area contributed by atoms with Crippen molar-refractivity contribution in [1.82, 2.24) is 14.7 Å². The number of hydrogen-bond acceptors (Lipinski definition) is 5. The highest BCUT2D eigenvalue weighted by Gasteiger charge is 2.26. The molecule has 194 valence electrons. The predicted molar refractivity (Wildman–Crippen MR) is 136 cm³/mol. The highest BCUT2D eigenvalue weighted by Crippen LogP contribution is 2.33. The lowest BCUT2D eigenvalue weighted by atomic mass is 10.0. The van der Waals surface area contributed by atoms with E-state index in [1.807, 2.05) is 26.0 Å². The highest BCUT2D eigenvalue weighted by molar-refractivity contribution is 5.96. The standard InChI is InChI=1S/C27H27F3N4O3/c1-4-31-26(35)22-9-8-18(12-17(22)2)24-15-33-25-23(32-11-10-27(28,29)30)14-21(16-34(24)25)37-20-7-5-6-19(13-20)36-3/h5-9,12-16,32H,4,10-11H2,1-3H3,(H,31,35). The lowest BCUT2D eigenvalue weighted by Gasteiger charge is -2.14. The molecule has 10 heteroatoms. The lowest BCUT2D eigenvalue weighted by molar-refractivity contribution is -0.131. The zero-order valence-corrected chi connectivity index (χ0v) is 20.6. The summed E-state index contributed by atoms with van der Waals surface area (Å²) in [5.74, 6) is 1.34. The number of benzene rings is 2. The molecule has 4 rings (SSSR count). The molecule has 0 aliphatic rings. The van der Waals surface area contributed by atoms with E-state index >= 15 is 0 Å². The monoisotopic (exact) mass is 512 g/mol. The molecule has 0 bridgehead atoms. The van der Waals surface area contributed by atoms with E-state index in [2.05, 4.69) is 15.6 Å². The van der Waals surface area contributed by atoms with Crippen LogP contribution in [0.1, 0.15) is 29.3 Å². The number of imidazole rings is 1. The van der Waals surface area contributed by atoms with Crippen LogP contribution >= 0.6 is 0 Å². The molecule has 2 N–H and O–H groups in total. The normalized spacial score (nSPS) is 11.4. The molecule has 37 heavy (non-hydrogen) atoms. The van der Waals surface area contributed by atoms with Gasteiger partial charge in [-0.15, -0.1) is 0 Å². The fourth-order valence-electron chi connectivity index (χ4n) is 3.93. The molecule has 7 nitrogen and oxygen atoms in total. The van der Waals surface area contributed by atoms with E-state index in [0.29, 0.717) is 46.4 Å². The summed E-state index contributed by atoms with van der Waals surface area (Å²) in [6.07, 6.45) is -1.92. The van der Waals surface area contributed by atoms with E-state index in [1.54, 1.807) is 60.3 Å². The van der Waals surface area contributed by atoms with E-state index in [0.717, 1.165) is 11.1 Å². The number of pyridine rings is 1. The number of carbonyl (C=O) groups is 1. The summed E-state index contributed by atoms with van der Waals surface area (Å²) in [6.45, 7) is 3.90. The molecule has 0 atom stereocenters. The van der Waals surface area contributed by atoms with Crippen LogP contribution < -0.4 is 20.1 Å². The van der Waals surface area contributed by atoms with Gasteiger partial charge in [-0.1, -0.05) is 12.1 Å². The minimum atomic E-state index is -4.29. The van der Waals surface area contributed by atoms with Gasteiger partial charge in [0.1, 0.15) is 17.2 Å². The number of alkyl halides is 3. The summed E-state index contributed by atoms with van der Waals surface area (Å²) in [6, 6.07) is 14.1. The number of aromatic nitrogens is 2. The van der Waals surface area contributed by atoms with Crippen LogP contribution in [0.4, 0.5) is 18.9 Å². The molecular formula is C27H27F3N4O3. The molecule has 2 aromatic heterocycles. The first-order valence-electron chi connectivity index (χ1n) is 11.7. The van der Waals surface area contributed by atoms with Gasteiger partial charge < -0.3 is 20.1 Å². The summed E-state index contributed by atoms with van der Waals surface area (Å²) >= 11 is 0. The van der Waals surface area contributed by atoms with E-state index in [9.17, 15) is 18.0 Å². The molecular weight excluding hydrogens is 485 g/mol. The van der Waals surface area contributed by atoms with Gasteiger partial charge in [0.25, 0.3) is 5.91 Å². The third kappa shape index (κ3) is 6.14. The van der Waals surface area contributed by atoms with E-state index in [1.165, 1.54) is 0 Å². The maximum Gasteiger partial charge on any atom is 0.390 e. The van der Waals surface area contributed by atoms with Crippen LogP contribution in [-0.2, 0) is 0 Å². The number of rotatable bonds is 9. The summed E-state index contributed by atoms with van der Waals surface area (Å²) in [5.41, 5.74) is 3.67. The molecule has 1 amide bonds. The van der Waals surface area contributed by atoms with Crippen LogP contribution in [0.5, 0.6) is 17.2 Å². The van der Waals surface area contributed by atoms with Crippen molar-refractivity contribution < 1.29 is 27.4 Å². The zero-order valence-electron chi connectivity index (χ0n) is 20.6. The van der Waals surface area contributed by atoms with Crippen LogP contribution in [-0.4, -0.2) is 41.7 Å². The number of nitrogens with one attached hydrogen (secondary N) is 2. The van der Waals surface area contributed by atoms with Crippen LogP contribution in [0.25, 0.3) is 16.9 Å². The fourth-order valence-corrected chi connectivity index (χ4v) is 3.93. The average molecular weight is 513 g/mol. The van der Waals surface area contributed by atoms with Crippen molar-refractivity contribution in [3.8, 4) is 28.5 Å². The molecule has 0 saturated heterocycles. The van der Waals surface area contributed by atoms with Crippen molar-refractivity contribution in [1.29, 1.82) is 0 Å². The van der Waals surface area contributed by atoms with Gasteiger partial charge in [0.05, 0.1) is 37.3 Å². The predicted octanol–water partition coefficient (Wildman–Crippen LogP) is 6.22. The van der Waals surface area contributed by atoms with Crippen molar-refractivity contribution in [2.45, 2.75) is 26.4 Å². The number of halogens is 3. The van der Waals surface area contributed by atoms with E-state index < -0.39 is 12.6 Å². The van der Waals surface area contributed by atoms with Crippen molar-refractivity contribution in [3.05, 3.63) is 72.1 Å². The average Bonchev–Trinajstić information content (AvgIpc) is 3.27. The second kappa shape index (κ2) is 10.8. The Morgan fingerprint density at radius 2 is 1.86 bits per heavy atom. The Morgan fingerprint density at radius 3 is 2.57 bits per heavy atom. The second-order valence-corrected chi connectivity index (χ2v) is 8.39. The van der Waals surface area contributed by atoms with Gasteiger partial charge in [-0.05, 0) is 43.7 Å². The van der Waals surface area contributed by atoms with Gasteiger partial charge in [-0.2, -0.15) is 13.2 Å². The van der Waals surface area contributed by atoms with Crippen LogP contribution in [0.2, 0.25) is 0 Å². The fraction of sp³-hybridized carbons (Fsp3) is 0.259. The number of amides is 1. The minimum Gasteiger partial charge on any atom is -0.497 e. The largest absolute Gasteiger partial charge is 0.497 e. The Bertz CT molecular complexity index is 1420. The lowest BCUT2D eigenvalue weighted by Crippen LogP contribution is -2.23. The van der Waals surface area contributed by atoms with Gasteiger partial charge in [-0.3, -0.25) is 9.20 Å². The maximum absolute atomic E-state index is 12.8. The number of anilines is 1. The topological polar surface area (TPSA) is 76.9 Å². The van der Waals surface area contributed by atoms with Crippen molar-refractivity contribution in [2.75, 3.05) is 25.5 Å². The summed E-state index contributed by atoms with van der Waals surface area (Å²) in [7, 11) is 1.55. The van der Waals surface area contributed by atoms with Crippen LogP contribution in [0, 0.1) is 6.92 Å². The Hall–Kier alpha value is -4.21. The van der Waals surface area contributed by atoms with Gasteiger partial charge in [0.15, 0.2) is 5.65 Å². The summed E-state index contributed by atoms with van der Waals surface area (Å²) in [5, 5.41) is 5.64. The Morgan fingerprint density at radius 1 is 1.08 bits per heavy atom. The summed E-state index contributed by atoms with van der Waals surface area (Å²) in [4.78, 5) is 16.8. The Kier molecular flexibility index (Phi) is 7.56. The first kappa shape index (κ1) is 25.9. The maximum atomic E-state index is 12.8. The van der Waals surface area contributed by atoms with E-state index in [4.69, 9.17) is 9.47 Å². The highest BCUT2D eigenvalue weighted by atomic mass is 19.4. The number of methoxy groups -OCH3 is 1. The number of carbonyl (C=O) groups excluding carboxylic acids is 1. The molecule has 4 aromatic rings. The molecule has 2 heterocycles. The number of fused-ring (bicyclic) bond motifs is 1. The SMILES string of the molecule is CCNC(=O)c1ccc(-c2cnc3c(NCCC(F)(F)F)cc(Oc4cccc(OC)c4)cn23)cc1C. The molecule has 0 spiro atoms. The molecule has 0 aliphatic heterocycles. The second-order valence-electron chi connectivity index (χ2n) is 8.39. The van der Waals surface area contributed by atoms with Crippen molar-refractivity contribution >= 4 is 17.2 Å². The molecule has 0 radical (unpaired) electrons. The van der Waals surface area contributed by atoms with Gasteiger partial charge in [0.2, 0.25) is 0 Å². The first-order chi connectivity index (χ1) is 17.7. The minimum absolute atomic E-state index is 0.158. The number of ether oxygens (including phenoxy) is 2. The number of aryl methyl sites for hydroxylation is 1. The third-order valence-electron chi connectivity index (χ3n) is 5.69. The van der Waals surface area contributed by atoms with Gasteiger partial charge in [-0.25, -0.2) is 4.98 Å². The van der Waals surface area contributed by atoms with E-state index in [-0.39, 0.29) is 12.5 Å². The molecule has 0 fully saturated rings.